The molecule has 1 aliphatic carbocycles. The van der Waals surface area contributed by atoms with E-state index in [1.165, 1.54) is 5.57 Å². The molecule has 0 fully saturated rings. The topological polar surface area (TPSA) is 41.1 Å². The Morgan fingerprint density at radius 2 is 2.10 bits per heavy atom. The van der Waals surface area contributed by atoms with Crippen molar-refractivity contribution in [3.8, 4) is 0 Å². The van der Waals surface area contributed by atoms with Gasteiger partial charge in [0.15, 0.2) is 0 Å². The molecule has 0 unspecified atom stereocenters. The first-order valence-corrected chi connectivity index (χ1v) is 7.07. The first kappa shape index (κ1) is 16.0. The van der Waals surface area contributed by atoms with Crippen molar-refractivity contribution in [3.05, 3.63) is 60.8 Å². The Bertz CT molecular complexity index is 430. The fraction of sp³-hybridized carbons (Fsp3) is 0.353. The van der Waals surface area contributed by atoms with Gasteiger partial charge in [-0.2, -0.15) is 0 Å². The zero-order chi connectivity index (χ0) is 14.6. The van der Waals surface area contributed by atoms with Crippen LogP contribution in [0.4, 0.5) is 4.79 Å². The highest BCUT2D eigenvalue weighted by atomic mass is 16.2. The SMILES string of the molecule is C=C/C=C(\C=C)CCCNC(=O)NCCC1=CCC=C1. The lowest BCUT2D eigenvalue weighted by Crippen LogP contribution is -2.36. The molecule has 1 rings (SSSR count). The van der Waals surface area contributed by atoms with Gasteiger partial charge in [0.05, 0.1) is 0 Å². The number of hydrogen-bond acceptors (Lipinski definition) is 1. The van der Waals surface area contributed by atoms with Crippen molar-refractivity contribution in [2.45, 2.75) is 25.7 Å². The normalized spacial score (nSPS) is 13.8. The van der Waals surface area contributed by atoms with Crippen LogP contribution in [0.5, 0.6) is 0 Å². The third-order valence-electron chi connectivity index (χ3n) is 3.07. The molecule has 0 spiro atoms. The van der Waals surface area contributed by atoms with E-state index in [0.717, 1.165) is 31.3 Å². The maximum Gasteiger partial charge on any atom is 0.314 e. The number of urea groups is 1. The number of amides is 2. The van der Waals surface area contributed by atoms with Crippen molar-refractivity contribution < 1.29 is 4.79 Å². The number of carbonyl (C=O) groups is 1. The summed E-state index contributed by atoms with van der Waals surface area (Å²) in [6.45, 7) is 8.74. The lowest BCUT2D eigenvalue weighted by Gasteiger charge is -2.07. The largest absolute Gasteiger partial charge is 0.338 e. The molecule has 0 radical (unpaired) electrons. The molecule has 0 aromatic rings. The van der Waals surface area contributed by atoms with Crippen molar-refractivity contribution in [1.29, 1.82) is 0 Å². The van der Waals surface area contributed by atoms with E-state index >= 15 is 0 Å². The predicted octanol–water partition coefficient (Wildman–Crippen LogP) is 3.64. The highest BCUT2D eigenvalue weighted by Gasteiger charge is 2.01. The third kappa shape index (κ3) is 6.78. The average molecular weight is 272 g/mol. The van der Waals surface area contributed by atoms with Crippen LogP contribution in [0.2, 0.25) is 0 Å². The third-order valence-corrected chi connectivity index (χ3v) is 3.07. The van der Waals surface area contributed by atoms with Crippen LogP contribution >= 0.6 is 0 Å². The van der Waals surface area contributed by atoms with Gasteiger partial charge in [0.2, 0.25) is 0 Å². The van der Waals surface area contributed by atoms with E-state index in [0.29, 0.717) is 13.1 Å². The van der Waals surface area contributed by atoms with Gasteiger partial charge in [-0.1, -0.05) is 55.2 Å². The molecule has 0 saturated carbocycles. The van der Waals surface area contributed by atoms with Gasteiger partial charge in [-0.3, -0.25) is 0 Å². The predicted molar refractivity (Wildman–Crippen MR) is 85.6 cm³/mol. The van der Waals surface area contributed by atoms with Gasteiger partial charge in [0, 0.05) is 13.1 Å². The molecule has 0 aromatic carbocycles. The summed E-state index contributed by atoms with van der Waals surface area (Å²) in [5, 5.41) is 5.72. The molecule has 3 heteroatoms. The lowest BCUT2D eigenvalue weighted by atomic mass is 10.1. The molecule has 20 heavy (non-hydrogen) atoms. The molecular weight excluding hydrogens is 248 g/mol. The lowest BCUT2D eigenvalue weighted by molar-refractivity contribution is 0.241. The Balaban J connectivity index is 2.05. The smallest absolute Gasteiger partial charge is 0.314 e. The second-order valence-electron chi connectivity index (χ2n) is 4.63. The van der Waals surface area contributed by atoms with E-state index in [1.54, 1.807) is 6.08 Å². The molecular formula is C17H24N2O. The molecule has 0 aliphatic heterocycles. The van der Waals surface area contributed by atoms with E-state index in [1.807, 2.05) is 12.2 Å². The number of allylic oxidation sites excluding steroid dienone is 7. The van der Waals surface area contributed by atoms with Crippen molar-refractivity contribution in [3.63, 3.8) is 0 Å². The molecule has 0 aromatic heterocycles. The molecule has 1 aliphatic rings. The number of carbonyl (C=O) groups excluding carboxylic acids is 1. The zero-order valence-corrected chi connectivity index (χ0v) is 12.0. The molecule has 2 amide bonds. The van der Waals surface area contributed by atoms with Crippen molar-refractivity contribution in [2.75, 3.05) is 13.1 Å². The molecule has 2 N–H and O–H groups in total. The van der Waals surface area contributed by atoms with Crippen LogP contribution in [0.25, 0.3) is 0 Å². The minimum absolute atomic E-state index is 0.0968. The number of nitrogens with one attached hydrogen (secondary N) is 2. The van der Waals surface area contributed by atoms with Crippen LogP contribution in [-0.4, -0.2) is 19.1 Å². The van der Waals surface area contributed by atoms with Crippen LogP contribution < -0.4 is 10.6 Å². The molecule has 0 bridgehead atoms. The fourth-order valence-corrected chi connectivity index (χ4v) is 1.97. The number of rotatable bonds is 9. The summed E-state index contributed by atoms with van der Waals surface area (Å²) < 4.78 is 0. The van der Waals surface area contributed by atoms with Crippen LogP contribution in [-0.2, 0) is 0 Å². The molecule has 0 saturated heterocycles. The van der Waals surface area contributed by atoms with E-state index < -0.39 is 0 Å². The summed E-state index contributed by atoms with van der Waals surface area (Å²) in [6.07, 6.45) is 15.6. The van der Waals surface area contributed by atoms with Crippen molar-refractivity contribution in [2.24, 2.45) is 0 Å². The summed E-state index contributed by atoms with van der Waals surface area (Å²) in [5.41, 5.74) is 2.44. The van der Waals surface area contributed by atoms with E-state index in [2.05, 4.69) is 42.0 Å². The van der Waals surface area contributed by atoms with Gasteiger partial charge in [-0.05, 0) is 31.3 Å². The highest BCUT2D eigenvalue weighted by molar-refractivity contribution is 5.73. The maximum atomic E-state index is 11.5. The fourth-order valence-electron chi connectivity index (χ4n) is 1.97. The van der Waals surface area contributed by atoms with Crippen molar-refractivity contribution >= 4 is 6.03 Å². The van der Waals surface area contributed by atoms with Gasteiger partial charge in [-0.25, -0.2) is 4.79 Å². The van der Waals surface area contributed by atoms with Crippen LogP contribution in [0.15, 0.2) is 60.8 Å². The van der Waals surface area contributed by atoms with Gasteiger partial charge in [0.1, 0.15) is 0 Å². The standard InChI is InChI=1S/C17H24N2O/c1-3-8-15(4-2)11-7-13-18-17(20)19-14-12-16-9-5-6-10-16/h3-5,8-10H,1-2,6-7,11-14H2,(H2,18,19,20)/b15-8+. The second kappa shape index (κ2) is 9.84. The molecule has 3 nitrogen and oxygen atoms in total. The molecule has 0 atom stereocenters. The average Bonchev–Trinajstić information content (AvgIpc) is 2.95. The molecule has 0 heterocycles. The van der Waals surface area contributed by atoms with Crippen LogP contribution in [0.1, 0.15) is 25.7 Å². The summed E-state index contributed by atoms with van der Waals surface area (Å²) in [4.78, 5) is 11.5. The van der Waals surface area contributed by atoms with Gasteiger partial charge in [-0.15, -0.1) is 0 Å². The number of hydrogen-bond donors (Lipinski definition) is 2. The Labute approximate surface area is 121 Å². The first-order valence-electron chi connectivity index (χ1n) is 7.07. The zero-order valence-electron chi connectivity index (χ0n) is 12.0. The van der Waals surface area contributed by atoms with Gasteiger partial charge >= 0.3 is 6.03 Å². The minimum Gasteiger partial charge on any atom is -0.338 e. The van der Waals surface area contributed by atoms with E-state index in [-0.39, 0.29) is 6.03 Å². The Morgan fingerprint density at radius 1 is 1.30 bits per heavy atom. The Kier molecular flexibility index (Phi) is 7.89. The summed E-state index contributed by atoms with van der Waals surface area (Å²) in [7, 11) is 0. The quantitative estimate of drug-likeness (QED) is 0.488. The van der Waals surface area contributed by atoms with Crippen LogP contribution in [0.3, 0.4) is 0 Å². The summed E-state index contributed by atoms with van der Waals surface area (Å²) in [6, 6.07) is -0.0968. The molecule has 108 valence electrons. The minimum atomic E-state index is -0.0968. The second-order valence-corrected chi connectivity index (χ2v) is 4.63. The van der Waals surface area contributed by atoms with Gasteiger partial charge in [0.25, 0.3) is 0 Å². The summed E-state index contributed by atoms with van der Waals surface area (Å²) >= 11 is 0. The first-order chi connectivity index (χ1) is 9.76. The Morgan fingerprint density at radius 3 is 2.75 bits per heavy atom. The maximum absolute atomic E-state index is 11.5. The van der Waals surface area contributed by atoms with Gasteiger partial charge < -0.3 is 10.6 Å². The van der Waals surface area contributed by atoms with Crippen LogP contribution in [0, 0.1) is 0 Å². The summed E-state index contributed by atoms with van der Waals surface area (Å²) in [5.74, 6) is 0. The van der Waals surface area contributed by atoms with E-state index in [9.17, 15) is 4.79 Å². The van der Waals surface area contributed by atoms with Crippen molar-refractivity contribution in [1.82, 2.24) is 10.6 Å². The Hall–Kier alpha value is -2.03. The monoisotopic (exact) mass is 272 g/mol. The highest BCUT2D eigenvalue weighted by Crippen LogP contribution is 2.11. The van der Waals surface area contributed by atoms with E-state index in [4.69, 9.17) is 0 Å².